The molecule has 1 amide bonds. The highest BCUT2D eigenvalue weighted by molar-refractivity contribution is 5.94. The van der Waals surface area contributed by atoms with Crippen molar-refractivity contribution in [2.24, 2.45) is 0 Å². The number of nitrogens with one attached hydrogen (secondary N) is 1. The van der Waals surface area contributed by atoms with Gasteiger partial charge in [0.05, 0.1) is 5.56 Å². The topological polar surface area (TPSA) is 32.3 Å². The van der Waals surface area contributed by atoms with Crippen LogP contribution >= 0.6 is 0 Å². The Morgan fingerprint density at radius 1 is 1.04 bits per heavy atom. The summed E-state index contributed by atoms with van der Waals surface area (Å²) in [6.07, 6.45) is 9.47. The molecule has 3 rings (SSSR count). The molecule has 1 aromatic rings. The smallest absolute Gasteiger partial charge is 0.254 e. The zero-order chi connectivity index (χ0) is 17.0. The zero-order valence-corrected chi connectivity index (χ0v) is 14.1. The average molecular weight is 336 g/mol. The van der Waals surface area contributed by atoms with Crippen molar-refractivity contribution >= 4 is 5.91 Å². The second-order valence-corrected chi connectivity index (χ2v) is 7.14. The van der Waals surface area contributed by atoms with E-state index in [2.05, 4.69) is 10.2 Å². The number of halogens is 2. The molecule has 1 heterocycles. The lowest BCUT2D eigenvalue weighted by Crippen LogP contribution is -2.58. The van der Waals surface area contributed by atoms with Crippen LogP contribution in [0.5, 0.6) is 0 Å². The molecule has 5 heteroatoms. The van der Waals surface area contributed by atoms with Crippen LogP contribution in [0.1, 0.15) is 61.7 Å². The summed E-state index contributed by atoms with van der Waals surface area (Å²) in [5.74, 6) is -1.92. The van der Waals surface area contributed by atoms with Crippen LogP contribution < -0.4 is 5.32 Å². The van der Waals surface area contributed by atoms with Crippen molar-refractivity contribution in [2.75, 3.05) is 19.6 Å². The van der Waals surface area contributed by atoms with Gasteiger partial charge in [0.25, 0.3) is 5.91 Å². The van der Waals surface area contributed by atoms with Crippen LogP contribution in [0.2, 0.25) is 0 Å². The van der Waals surface area contributed by atoms with Crippen LogP contribution in [-0.4, -0.2) is 36.0 Å². The molecule has 0 radical (unpaired) electrons. The quantitative estimate of drug-likeness (QED) is 0.905. The van der Waals surface area contributed by atoms with E-state index in [0.717, 1.165) is 38.1 Å². The molecule has 132 valence electrons. The van der Waals surface area contributed by atoms with E-state index in [0.29, 0.717) is 6.54 Å². The minimum Gasteiger partial charge on any atom is -0.350 e. The Morgan fingerprint density at radius 3 is 2.38 bits per heavy atom. The number of benzene rings is 1. The van der Waals surface area contributed by atoms with E-state index in [9.17, 15) is 13.6 Å². The van der Waals surface area contributed by atoms with Gasteiger partial charge in [0, 0.05) is 18.2 Å². The molecule has 1 aliphatic carbocycles. The van der Waals surface area contributed by atoms with Crippen molar-refractivity contribution in [3.63, 3.8) is 0 Å². The standard InChI is InChI=1S/C19H26F2N2O/c20-15-7-8-16(17(21)13-15)18(24)22-14-19(9-3-1-4-10-19)23-11-5-2-6-12-23/h7-8,13H,1-6,9-12,14H2,(H,22,24). The monoisotopic (exact) mass is 336 g/mol. The van der Waals surface area contributed by atoms with Gasteiger partial charge in [-0.25, -0.2) is 8.78 Å². The zero-order valence-electron chi connectivity index (χ0n) is 14.1. The number of amides is 1. The van der Waals surface area contributed by atoms with Crippen molar-refractivity contribution in [1.82, 2.24) is 10.2 Å². The van der Waals surface area contributed by atoms with Crippen LogP contribution in [0, 0.1) is 11.6 Å². The van der Waals surface area contributed by atoms with Crippen molar-refractivity contribution in [3.8, 4) is 0 Å². The van der Waals surface area contributed by atoms with Crippen molar-refractivity contribution in [3.05, 3.63) is 35.4 Å². The Hall–Kier alpha value is -1.49. The van der Waals surface area contributed by atoms with Crippen LogP contribution in [0.25, 0.3) is 0 Å². The summed E-state index contributed by atoms with van der Waals surface area (Å²) in [5.41, 5.74) is -0.0776. The number of piperidine rings is 1. The lowest BCUT2D eigenvalue weighted by Gasteiger charge is -2.48. The van der Waals surface area contributed by atoms with Crippen LogP contribution in [-0.2, 0) is 0 Å². The van der Waals surface area contributed by atoms with Gasteiger partial charge in [-0.15, -0.1) is 0 Å². The third kappa shape index (κ3) is 3.77. The molecule has 0 aromatic heterocycles. The predicted molar refractivity (Wildman–Crippen MR) is 89.9 cm³/mol. The largest absolute Gasteiger partial charge is 0.350 e. The summed E-state index contributed by atoms with van der Waals surface area (Å²) >= 11 is 0. The van der Waals surface area contributed by atoms with Crippen molar-refractivity contribution in [2.45, 2.75) is 56.9 Å². The minimum absolute atomic E-state index is 0.00480. The van der Waals surface area contributed by atoms with Crippen LogP contribution in [0.15, 0.2) is 18.2 Å². The molecular formula is C19H26F2N2O. The van der Waals surface area contributed by atoms with E-state index in [-0.39, 0.29) is 11.1 Å². The Kier molecular flexibility index (Phi) is 5.49. The first-order valence-corrected chi connectivity index (χ1v) is 9.09. The Labute approximate surface area is 142 Å². The van der Waals surface area contributed by atoms with Gasteiger partial charge in [0.15, 0.2) is 0 Å². The third-order valence-corrected chi connectivity index (χ3v) is 5.56. The average Bonchev–Trinajstić information content (AvgIpc) is 2.61. The molecule has 0 spiro atoms. The number of nitrogens with zero attached hydrogens (tertiary/aromatic N) is 1. The summed E-state index contributed by atoms with van der Waals surface area (Å²) in [6.45, 7) is 2.71. The summed E-state index contributed by atoms with van der Waals surface area (Å²) in [4.78, 5) is 14.9. The maximum Gasteiger partial charge on any atom is 0.254 e. The van der Waals surface area contributed by atoms with E-state index in [4.69, 9.17) is 0 Å². The fraction of sp³-hybridized carbons (Fsp3) is 0.632. The first-order valence-electron chi connectivity index (χ1n) is 9.09. The first kappa shape index (κ1) is 17.3. The van der Waals surface area contributed by atoms with Gasteiger partial charge in [-0.1, -0.05) is 25.7 Å². The molecule has 1 saturated carbocycles. The van der Waals surface area contributed by atoms with E-state index < -0.39 is 17.5 Å². The molecule has 1 N–H and O–H groups in total. The highest BCUT2D eigenvalue weighted by Crippen LogP contribution is 2.35. The van der Waals surface area contributed by atoms with E-state index >= 15 is 0 Å². The molecular weight excluding hydrogens is 310 g/mol. The molecule has 2 fully saturated rings. The predicted octanol–water partition coefficient (Wildman–Crippen LogP) is 3.88. The fourth-order valence-electron chi connectivity index (χ4n) is 4.20. The number of carbonyl (C=O) groups is 1. The minimum atomic E-state index is -0.803. The maximum atomic E-state index is 13.8. The first-order chi connectivity index (χ1) is 11.6. The van der Waals surface area contributed by atoms with E-state index in [1.54, 1.807) is 0 Å². The Morgan fingerprint density at radius 2 is 1.71 bits per heavy atom. The van der Waals surface area contributed by atoms with Gasteiger partial charge in [-0.2, -0.15) is 0 Å². The fourth-order valence-corrected chi connectivity index (χ4v) is 4.20. The molecule has 24 heavy (non-hydrogen) atoms. The van der Waals surface area contributed by atoms with Crippen LogP contribution in [0.3, 0.4) is 0 Å². The molecule has 0 unspecified atom stereocenters. The molecule has 3 nitrogen and oxygen atoms in total. The lowest BCUT2D eigenvalue weighted by atomic mass is 9.79. The van der Waals surface area contributed by atoms with Gasteiger partial charge in [0.2, 0.25) is 0 Å². The number of hydrogen-bond acceptors (Lipinski definition) is 2. The second-order valence-electron chi connectivity index (χ2n) is 7.14. The van der Waals surface area contributed by atoms with Gasteiger partial charge in [-0.05, 0) is 50.9 Å². The maximum absolute atomic E-state index is 13.8. The van der Waals surface area contributed by atoms with E-state index in [1.165, 1.54) is 44.6 Å². The highest BCUT2D eigenvalue weighted by Gasteiger charge is 2.38. The molecule has 2 aliphatic rings. The summed E-state index contributed by atoms with van der Waals surface area (Å²) < 4.78 is 26.8. The summed E-state index contributed by atoms with van der Waals surface area (Å²) in [5, 5.41) is 2.92. The molecule has 1 saturated heterocycles. The lowest BCUT2D eigenvalue weighted by molar-refractivity contribution is 0.0326. The van der Waals surface area contributed by atoms with Gasteiger partial charge >= 0.3 is 0 Å². The second kappa shape index (κ2) is 7.60. The summed E-state index contributed by atoms with van der Waals surface area (Å²) in [6, 6.07) is 3.10. The Bertz CT molecular complexity index is 579. The Balaban J connectivity index is 1.69. The highest BCUT2D eigenvalue weighted by atomic mass is 19.1. The SMILES string of the molecule is O=C(NCC1(N2CCCCC2)CCCCC1)c1ccc(F)cc1F. The summed E-state index contributed by atoms with van der Waals surface area (Å²) in [7, 11) is 0. The third-order valence-electron chi connectivity index (χ3n) is 5.56. The number of hydrogen-bond donors (Lipinski definition) is 1. The number of rotatable bonds is 4. The van der Waals surface area contributed by atoms with Crippen molar-refractivity contribution < 1.29 is 13.6 Å². The van der Waals surface area contributed by atoms with Crippen LogP contribution in [0.4, 0.5) is 8.78 Å². The van der Waals surface area contributed by atoms with Crippen molar-refractivity contribution in [1.29, 1.82) is 0 Å². The molecule has 0 atom stereocenters. The normalized spacial score (nSPS) is 21.4. The van der Waals surface area contributed by atoms with Gasteiger partial charge in [0.1, 0.15) is 11.6 Å². The number of likely N-dealkylation sites (tertiary alicyclic amines) is 1. The van der Waals surface area contributed by atoms with Gasteiger partial charge < -0.3 is 5.32 Å². The number of carbonyl (C=O) groups excluding carboxylic acids is 1. The van der Waals surface area contributed by atoms with Gasteiger partial charge in [-0.3, -0.25) is 9.69 Å². The molecule has 1 aliphatic heterocycles. The molecule has 1 aromatic carbocycles. The molecule has 0 bridgehead atoms. The van der Waals surface area contributed by atoms with E-state index in [1.807, 2.05) is 0 Å².